The fourth-order valence-corrected chi connectivity index (χ4v) is 5.44. The molecule has 34 heavy (non-hydrogen) atoms. The Bertz CT molecular complexity index is 1330. The van der Waals surface area contributed by atoms with Gasteiger partial charge in [0, 0.05) is 22.2 Å². The number of fused-ring (bicyclic) bond motifs is 2. The van der Waals surface area contributed by atoms with E-state index in [4.69, 9.17) is 16.1 Å². The number of hydrogen-bond acceptors (Lipinski definition) is 6. The van der Waals surface area contributed by atoms with E-state index in [-0.39, 0.29) is 21.8 Å². The van der Waals surface area contributed by atoms with Crippen molar-refractivity contribution in [3.8, 4) is 0 Å². The van der Waals surface area contributed by atoms with Gasteiger partial charge in [0.05, 0.1) is 10.8 Å². The minimum absolute atomic E-state index is 0.0242. The minimum Gasteiger partial charge on any atom is -0.353 e. The number of carbonyl (C=O) groups excluding carboxylic acids is 1. The summed E-state index contributed by atoms with van der Waals surface area (Å²) in [7, 11) is 0. The zero-order chi connectivity index (χ0) is 24.4. The maximum atomic E-state index is 14.5. The predicted octanol–water partition coefficient (Wildman–Crippen LogP) is 4.79. The Morgan fingerprint density at radius 1 is 1.18 bits per heavy atom. The molecule has 4 atom stereocenters. The van der Waals surface area contributed by atoms with Crippen LogP contribution in [0.5, 0.6) is 0 Å². The SMILES string of the molecule is Cc1noc([C@@H]2[C@@H](c3ccccc3Cl)[C@H](C(F)(F)F)N[C@@]23C(=O)Nc2ccccc23)c1[N+](=O)[O-]. The molecule has 2 N–H and O–H groups in total. The van der Waals surface area contributed by atoms with Gasteiger partial charge in [-0.1, -0.05) is 53.2 Å². The number of carbonyl (C=O) groups is 1. The number of alkyl halides is 3. The van der Waals surface area contributed by atoms with Gasteiger partial charge in [-0.3, -0.25) is 20.2 Å². The van der Waals surface area contributed by atoms with E-state index in [1.807, 2.05) is 0 Å². The fraction of sp³-hybridized carbons (Fsp3) is 0.273. The van der Waals surface area contributed by atoms with Crippen molar-refractivity contribution < 1.29 is 27.4 Å². The Morgan fingerprint density at radius 3 is 2.53 bits per heavy atom. The fourth-order valence-electron chi connectivity index (χ4n) is 5.18. The monoisotopic (exact) mass is 492 g/mol. The van der Waals surface area contributed by atoms with Crippen LogP contribution in [0, 0.1) is 17.0 Å². The van der Waals surface area contributed by atoms with Gasteiger partial charge >= 0.3 is 11.9 Å². The highest BCUT2D eigenvalue weighted by atomic mass is 35.5. The number of halogens is 4. The van der Waals surface area contributed by atoms with Crippen molar-refractivity contribution in [2.45, 2.75) is 36.5 Å². The first-order valence-electron chi connectivity index (χ1n) is 10.2. The number of nitro groups is 1. The van der Waals surface area contributed by atoms with Gasteiger partial charge in [0.1, 0.15) is 11.6 Å². The molecule has 176 valence electrons. The average molecular weight is 493 g/mol. The molecule has 3 aromatic rings. The van der Waals surface area contributed by atoms with E-state index in [0.717, 1.165) is 0 Å². The second-order valence-corrected chi connectivity index (χ2v) is 8.64. The van der Waals surface area contributed by atoms with Crippen molar-refractivity contribution >= 4 is 28.9 Å². The van der Waals surface area contributed by atoms with Gasteiger partial charge in [0.25, 0.3) is 0 Å². The standard InChI is InChI=1S/C22H16ClF3N4O4/c1-10-17(30(32)33)18(34-29-10)16-15(11-6-2-4-8-13(11)23)19(22(24,25)26)28-21(16)12-7-3-5-9-14(12)27-20(21)31/h2-9,15-16,19,28H,1H3,(H,27,31)/t15-,16+,19-,21-/m1/s1. The second kappa shape index (κ2) is 7.54. The Labute approximate surface area is 195 Å². The molecule has 0 saturated carbocycles. The number of hydrogen-bond donors (Lipinski definition) is 2. The molecule has 12 heteroatoms. The third-order valence-corrected chi connectivity index (χ3v) is 6.81. The number of aromatic nitrogens is 1. The van der Waals surface area contributed by atoms with E-state index in [2.05, 4.69) is 15.8 Å². The molecule has 1 amide bonds. The number of benzene rings is 2. The third-order valence-electron chi connectivity index (χ3n) is 6.47. The van der Waals surface area contributed by atoms with Crippen LogP contribution in [-0.4, -0.2) is 28.2 Å². The van der Waals surface area contributed by atoms with Crippen LogP contribution in [0.25, 0.3) is 0 Å². The molecule has 5 rings (SSSR count). The lowest BCUT2D eigenvalue weighted by molar-refractivity contribution is -0.386. The lowest BCUT2D eigenvalue weighted by Crippen LogP contribution is -2.52. The topological polar surface area (TPSA) is 110 Å². The highest BCUT2D eigenvalue weighted by molar-refractivity contribution is 6.31. The summed E-state index contributed by atoms with van der Waals surface area (Å²) in [4.78, 5) is 24.6. The summed E-state index contributed by atoms with van der Waals surface area (Å²) in [5.41, 5.74) is -2.14. The first kappa shape index (κ1) is 22.4. The highest BCUT2D eigenvalue weighted by Crippen LogP contribution is 2.61. The first-order valence-corrected chi connectivity index (χ1v) is 10.6. The summed E-state index contributed by atoms with van der Waals surface area (Å²) in [5.74, 6) is -4.26. The predicted molar refractivity (Wildman–Crippen MR) is 115 cm³/mol. The zero-order valence-electron chi connectivity index (χ0n) is 17.4. The zero-order valence-corrected chi connectivity index (χ0v) is 18.1. The number of anilines is 1. The van der Waals surface area contributed by atoms with Gasteiger partial charge in [-0.15, -0.1) is 0 Å². The summed E-state index contributed by atoms with van der Waals surface area (Å²) in [6.07, 6.45) is -4.84. The van der Waals surface area contributed by atoms with E-state index in [0.29, 0.717) is 5.69 Å². The van der Waals surface area contributed by atoms with Gasteiger partial charge in [-0.25, -0.2) is 0 Å². The van der Waals surface area contributed by atoms with Crippen molar-refractivity contribution in [2.75, 3.05) is 5.32 Å². The van der Waals surface area contributed by atoms with Crippen LogP contribution in [0.4, 0.5) is 24.5 Å². The molecular weight excluding hydrogens is 477 g/mol. The summed E-state index contributed by atoms with van der Waals surface area (Å²) in [6, 6.07) is 9.87. The van der Waals surface area contributed by atoms with Crippen molar-refractivity contribution in [3.63, 3.8) is 0 Å². The molecule has 0 bridgehead atoms. The molecule has 1 aromatic heterocycles. The normalized spacial score (nSPS) is 26.0. The van der Waals surface area contributed by atoms with Crippen LogP contribution in [-0.2, 0) is 10.3 Å². The molecule has 1 spiro atoms. The Kier molecular flexibility index (Phi) is 4.96. The quantitative estimate of drug-likeness (QED) is 0.401. The van der Waals surface area contributed by atoms with E-state index in [1.54, 1.807) is 24.3 Å². The summed E-state index contributed by atoms with van der Waals surface area (Å²) < 4.78 is 48.8. The van der Waals surface area contributed by atoms with Gasteiger partial charge in [-0.05, 0) is 24.6 Å². The number of nitrogens with one attached hydrogen (secondary N) is 2. The van der Waals surface area contributed by atoms with Gasteiger partial charge in [0.15, 0.2) is 5.69 Å². The van der Waals surface area contributed by atoms with Crippen molar-refractivity contribution in [3.05, 3.63) is 86.2 Å². The van der Waals surface area contributed by atoms with Crippen LogP contribution in [0.2, 0.25) is 5.02 Å². The number of para-hydroxylation sites is 1. The summed E-state index contributed by atoms with van der Waals surface area (Å²) in [5, 5.41) is 20.7. The van der Waals surface area contributed by atoms with E-state index in [1.165, 1.54) is 31.2 Å². The number of amides is 1. The Morgan fingerprint density at radius 2 is 1.85 bits per heavy atom. The molecule has 1 saturated heterocycles. The highest BCUT2D eigenvalue weighted by Gasteiger charge is 2.69. The van der Waals surface area contributed by atoms with Crippen molar-refractivity contribution in [1.82, 2.24) is 10.5 Å². The largest absolute Gasteiger partial charge is 0.404 e. The van der Waals surface area contributed by atoms with Gasteiger partial charge < -0.3 is 9.84 Å². The third kappa shape index (κ3) is 3.03. The van der Waals surface area contributed by atoms with Crippen LogP contribution in [0.3, 0.4) is 0 Å². The smallest absolute Gasteiger partial charge is 0.353 e. The van der Waals surface area contributed by atoms with E-state index < -0.39 is 51.9 Å². The maximum Gasteiger partial charge on any atom is 0.404 e. The molecule has 0 radical (unpaired) electrons. The number of rotatable bonds is 3. The van der Waals surface area contributed by atoms with E-state index in [9.17, 15) is 28.1 Å². The Balaban J connectivity index is 1.88. The first-order chi connectivity index (χ1) is 16.1. The van der Waals surface area contributed by atoms with Crippen LogP contribution in [0.1, 0.15) is 34.4 Å². The molecule has 2 aliphatic rings. The summed E-state index contributed by atoms with van der Waals surface area (Å²) in [6.45, 7) is 1.31. The summed E-state index contributed by atoms with van der Waals surface area (Å²) >= 11 is 6.34. The number of nitrogens with zero attached hydrogens (tertiary/aromatic N) is 2. The van der Waals surface area contributed by atoms with Crippen molar-refractivity contribution in [2.24, 2.45) is 0 Å². The molecule has 3 heterocycles. The lowest BCUT2D eigenvalue weighted by Gasteiger charge is -2.30. The molecule has 2 aliphatic heterocycles. The molecule has 2 aromatic carbocycles. The van der Waals surface area contributed by atoms with Crippen LogP contribution in [0.15, 0.2) is 53.1 Å². The van der Waals surface area contributed by atoms with Gasteiger partial charge in [0.2, 0.25) is 11.7 Å². The second-order valence-electron chi connectivity index (χ2n) is 8.23. The molecule has 1 fully saturated rings. The van der Waals surface area contributed by atoms with Crippen LogP contribution < -0.4 is 10.6 Å². The van der Waals surface area contributed by atoms with Gasteiger partial charge in [-0.2, -0.15) is 13.2 Å². The minimum atomic E-state index is -4.84. The van der Waals surface area contributed by atoms with Crippen molar-refractivity contribution in [1.29, 1.82) is 0 Å². The maximum absolute atomic E-state index is 14.5. The molecular formula is C22H16ClF3N4O4. The van der Waals surface area contributed by atoms with Crippen LogP contribution >= 0.6 is 11.6 Å². The Hall–Kier alpha value is -3.44. The molecule has 0 unspecified atom stereocenters. The molecule has 0 aliphatic carbocycles. The lowest BCUT2D eigenvalue weighted by atomic mass is 9.71. The molecule has 8 nitrogen and oxygen atoms in total. The average Bonchev–Trinajstić information content (AvgIpc) is 3.41. The number of aryl methyl sites for hydroxylation is 1. The van der Waals surface area contributed by atoms with E-state index >= 15 is 0 Å².